The zero-order valence-corrected chi connectivity index (χ0v) is 12.9. The Balaban J connectivity index is 0.000000370. The highest BCUT2D eigenvalue weighted by Gasteiger charge is 2.15. The van der Waals surface area contributed by atoms with Crippen LogP contribution in [0.5, 0.6) is 0 Å². The molecule has 1 aliphatic heterocycles. The van der Waals surface area contributed by atoms with Gasteiger partial charge in [0.2, 0.25) is 0 Å². The molecule has 0 saturated heterocycles. The fourth-order valence-electron chi connectivity index (χ4n) is 1.38. The van der Waals surface area contributed by atoms with Gasteiger partial charge in [0.05, 0.1) is 0 Å². The topological polar surface area (TPSA) is 121 Å². The van der Waals surface area contributed by atoms with E-state index in [9.17, 15) is 16.8 Å². The normalized spacial score (nSPS) is 15.4. The lowest BCUT2D eigenvalue weighted by molar-refractivity contribution is 0.344. The minimum atomic E-state index is -5.12. The number of rotatable bonds is 5. The minimum absolute atomic E-state index is 1.12. The van der Waals surface area contributed by atoms with Crippen LogP contribution in [0, 0.1) is 0 Å². The van der Waals surface area contributed by atoms with Gasteiger partial charge in [-0.1, -0.05) is 25.0 Å². The third-order valence-corrected chi connectivity index (χ3v) is 3.48. The molecule has 0 spiro atoms. The van der Waals surface area contributed by atoms with E-state index in [0.717, 1.165) is 6.54 Å². The van der Waals surface area contributed by atoms with Crippen molar-refractivity contribution in [2.45, 2.75) is 26.7 Å². The summed E-state index contributed by atoms with van der Waals surface area (Å²) in [5.41, 5.74) is 1.46. The maximum Gasteiger partial charge on any atom is 0.413 e. The van der Waals surface area contributed by atoms with Crippen molar-refractivity contribution in [3.63, 3.8) is 0 Å². The van der Waals surface area contributed by atoms with E-state index in [2.05, 4.69) is 40.7 Å². The molecule has 1 rings (SSSR count). The maximum absolute atomic E-state index is 9.44. The molecular formula is C10H19NO7S2. The van der Waals surface area contributed by atoms with E-state index in [1.165, 1.54) is 25.0 Å². The molecule has 0 unspecified atom stereocenters. The average Bonchev–Trinajstić information content (AvgIpc) is 2.22. The van der Waals surface area contributed by atoms with Gasteiger partial charge in [0.15, 0.2) is 0 Å². The van der Waals surface area contributed by atoms with Gasteiger partial charge < -0.3 is 4.90 Å². The van der Waals surface area contributed by atoms with Crippen molar-refractivity contribution in [2.75, 3.05) is 13.1 Å². The molecule has 118 valence electrons. The predicted octanol–water partition coefficient (Wildman–Crippen LogP) is 1.17. The number of hydrogen-bond donors (Lipinski definition) is 2. The van der Waals surface area contributed by atoms with Crippen molar-refractivity contribution < 1.29 is 29.6 Å². The van der Waals surface area contributed by atoms with E-state index in [1.54, 1.807) is 0 Å². The molecule has 0 aliphatic carbocycles. The first-order chi connectivity index (χ1) is 9.03. The summed E-state index contributed by atoms with van der Waals surface area (Å²) in [5.74, 6) is 0. The van der Waals surface area contributed by atoms with Crippen molar-refractivity contribution in [2.24, 2.45) is 0 Å². The number of unbranched alkanes of at least 4 members (excludes halogenated alkanes) is 1. The molecule has 8 nitrogen and oxygen atoms in total. The van der Waals surface area contributed by atoms with E-state index in [-0.39, 0.29) is 0 Å². The lowest BCUT2D eigenvalue weighted by Gasteiger charge is -2.22. The monoisotopic (exact) mass is 329 g/mol. The van der Waals surface area contributed by atoms with Crippen LogP contribution in [-0.4, -0.2) is 43.9 Å². The molecule has 0 atom stereocenters. The van der Waals surface area contributed by atoms with Crippen LogP contribution in [-0.2, 0) is 24.4 Å². The van der Waals surface area contributed by atoms with Crippen LogP contribution in [0.4, 0.5) is 0 Å². The van der Waals surface area contributed by atoms with Crippen molar-refractivity contribution in [3.8, 4) is 0 Å². The summed E-state index contributed by atoms with van der Waals surface area (Å²) in [6, 6.07) is 0. The smallest absolute Gasteiger partial charge is 0.373 e. The van der Waals surface area contributed by atoms with Crippen LogP contribution in [0.25, 0.3) is 0 Å². The van der Waals surface area contributed by atoms with E-state index in [1.807, 2.05) is 0 Å². The van der Waals surface area contributed by atoms with Crippen LogP contribution in [0.15, 0.2) is 23.9 Å². The first kappa shape index (κ1) is 19.1. The summed E-state index contributed by atoms with van der Waals surface area (Å²) in [4.78, 5) is 2.37. The summed E-state index contributed by atoms with van der Waals surface area (Å²) in [6.07, 6.45) is 9.09. The Morgan fingerprint density at radius 1 is 1.25 bits per heavy atom. The van der Waals surface area contributed by atoms with Gasteiger partial charge in [0.1, 0.15) is 0 Å². The molecule has 1 heterocycles. The molecule has 1 aliphatic rings. The number of nitrogens with zero attached hydrogens (tertiary/aromatic N) is 1. The van der Waals surface area contributed by atoms with Crippen LogP contribution >= 0.6 is 0 Å². The van der Waals surface area contributed by atoms with Gasteiger partial charge in [-0.15, -0.1) is 3.63 Å². The van der Waals surface area contributed by atoms with E-state index in [4.69, 9.17) is 9.11 Å². The summed E-state index contributed by atoms with van der Waals surface area (Å²) < 4.78 is 55.6. The van der Waals surface area contributed by atoms with Crippen molar-refractivity contribution in [1.82, 2.24) is 4.90 Å². The molecule has 0 fully saturated rings. The van der Waals surface area contributed by atoms with Gasteiger partial charge in [-0.2, -0.15) is 16.8 Å². The molecule has 10 heteroatoms. The maximum atomic E-state index is 9.44. The first-order valence-corrected chi connectivity index (χ1v) is 8.50. The Morgan fingerprint density at radius 2 is 1.80 bits per heavy atom. The Kier molecular flexibility index (Phi) is 7.98. The molecule has 0 amide bonds. The fourth-order valence-corrected chi connectivity index (χ4v) is 2.25. The van der Waals surface area contributed by atoms with Gasteiger partial charge >= 0.3 is 20.8 Å². The molecule has 0 saturated carbocycles. The van der Waals surface area contributed by atoms with E-state index >= 15 is 0 Å². The summed E-state index contributed by atoms with van der Waals surface area (Å²) in [6.45, 7) is 6.74. The van der Waals surface area contributed by atoms with E-state index < -0.39 is 20.8 Å². The van der Waals surface area contributed by atoms with E-state index in [0.29, 0.717) is 0 Å². The van der Waals surface area contributed by atoms with Gasteiger partial charge in [0, 0.05) is 13.1 Å². The Labute approximate surface area is 119 Å². The van der Waals surface area contributed by atoms with Gasteiger partial charge in [-0.3, -0.25) is 9.11 Å². The summed E-state index contributed by atoms with van der Waals surface area (Å²) in [7, 11) is -10.2. The van der Waals surface area contributed by atoms with Gasteiger partial charge in [-0.05, 0) is 25.6 Å². The number of hydrogen-bond acceptors (Lipinski definition) is 6. The van der Waals surface area contributed by atoms with Gasteiger partial charge in [-0.25, -0.2) is 0 Å². The highest BCUT2D eigenvalue weighted by molar-refractivity contribution is 7.94. The molecule has 20 heavy (non-hydrogen) atoms. The van der Waals surface area contributed by atoms with Crippen molar-refractivity contribution >= 4 is 20.8 Å². The van der Waals surface area contributed by atoms with Crippen LogP contribution in [0.1, 0.15) is 26.7 Å². The van der Waals surface area contributed by atoms with Crippen molar-refractivity contribution in [1.29, 1.82) is 0 Å². The predicted molar refractivity (Wildman–Crippen MR) is 73.6 cm³/mol. The second kappa shape index (κ2) is 8.37. The second-order valence-electron chi connectivity index (χ2n) is 4.10. The minimum Gasteiger partial charge on any atom is -0.373 e. The summed E-state index contributed by atoms with van der Waals surface area (Å²) in [5, 5.41) is 0. The molecule has 0 radical (unpaired) electrons. The third kappa shape index (κ3) is 12.1. The quantitative estimate of drug-likeness (QED) is 0.721. The zero-order valence-electron chi connectivity index (χ0n) is 11.3. The largest absolute Gasteiger partial charge is 0.413 e. The first-order valence-electron chi connectivity index (χ1n) is 5.77. The average molecular weight is 329 g/mol. The molecule has 0 aromatic carbocycles. The third-order valence-electron chi connectivity index (χ3n) is 2.10. The molecular weight excluding hydrogens is 310 g/mol. The molecule has 2 N–H and O–H groups in total. The Bertz CT molecular complexity index is 518. The lowest BCUT2D eigenvalue weighted by atomic mass is 10.2. The summed E-state index contributed by atoms with van der Waals surface area (Å²) >= 11 is 0. The molecule has 0 aromatic rings. The highest BCUT2D eigenvalue weighted by Crippen LogP contribution is 2.06. The van der Waals surface area contributed by atoms with Crippen LogP contribution < -0.4 is 0 Å². The molecule has 0 bridgehead atoms. The SMILES string of the molecule is CCCCN1C=CC=C(C)C1.O=S(=O)(O)OS(=O)(=O)O. The molecule has 0 aromatic heterocycles. The Hall–Kier alpha value is -0.940. The van der Waals surface area contributed by atoms with Gasteiger partial charge in [0.25, 0.3) is 0 Å². The Morgan fingerprint density at radius 3 is 2.15 bits per heavy atom. The van der Waals surface area contributed by atoms with Crippen molar-refractivity contribution in [3.05, 3.63) is 23.9 Å². The highest BCUT2D eigenvalue weighted by atomic mass is 32.3. The fraction of sp³-hybridized carbons (Fsp3) is 0.600. The zero-order chi connectivity index (χ0) is 15.8. The van der Waals surface area contributed by atoms with Crippen LogP contribution in [0.3, 0.4) is 0 Å². The standard InChI is InChI=1S/C10H17N.H2O7S2/c1-3-4-7-11-8-5-6-10(2)9-11;1-8(2,3)7-9(4,5)6/h5-6,8H,3-4,7,9H2,1-2H3;(H,1,2,3)(H,4,5,6). The van der Waals surface area contributed by atoms with Crippen LogP contribution in [0.2, 0.25) is 0 Å². The second-order valence-corrected chi connectivity index (χ2v) is 6.36. The number of allylic oxidation sites excluding steroid dienone is 2. The lowest BCUT2D eigenvalue weighted by Crippen LogP contribution is -2.22.